The van der Waals surface area contributed by atoms with Crippen LogP contribution in [0.4, 0.5) is 26.0 Å². The van der Waals surface area contributed by atoms with Crippen LogP contribution in [0.5, 0.6) is 0 Å². The number of nitrogens with zero attached hydrogens (tertiary/aromatic N) is 5. The Bertz CT molecular complexity index is 1610. The van der Waals surface area contributed by atoms with Crippen molar-refractivity contribution >= 4 is 57.3 Å². The number of aromatic nitrogens is 1. The third kappa shape index (κ3) is 6.65. The largest absolute Gasteiger partial charge is 0.397 e. The molecule has 0 unspecified atom stereocenters. The fraction of sp³-hybridized carbons (Fsp3) is 0.375. The molecule has 2 fully saturated rings. The number of nitrogens with two attached hydrogens (primary N) is 1. The Kier molecular flexibility index (Phi) is 9.00. The van der Waals surface area contributed by atoms with Crippen molar-refractivity contribution in [3.63, 3.8) is 0 Å². The van der Waals surface area contributed by atoms with E-state index in [0.29, 0.717) is 80.5 Å². The Morgan fingerprint density at radius 1 is 1.11 bits per heavy atom. The number of piperazine rings is 1. The first kappa shape index (κ1) is 30.6. The van der Waals surface area contributed by atoms with Crippen molar-refractivity contribution in [3.8, 4) is 12.3 Å². The van der Waals surface area contributed by atoms with Crippen LogP contribution in [0.25, 0.3) is 0 Å². The van der Waals surface area contributed by atoms with E-state index in [1.807, 2.05) is 28.5 Å². The van der Waals surface area contributed by atoms with Gasteiger partial charge in [0.05, 0.1) is 17.3 Å². The van der Waals surface area contributed by atoms with Gasteiger partial charge >= 0.3 is 12.1 Å². The van der Waals surface area contributed by atoms with E-state index in [0.717, 1.165) is 16.3 Å². The summed E-state index contributed by atoms with van der Waals surface area (Å²) in [6.45, 7) is 3.86. The minimum Gasteiger partial charge on any atom is -0.397 e. The third-order valence-corrected chi connectivity index (χ3v) is 9.95. The molecule has 13 heteroatoms. The second-order valence-electron chi connectivity index (χ2n) is 11.5. The van der Waals surface area contributed by atoms with Gasteiger partial charge in [-0.3, -0.25) is 15.1 Å². The van der Waals surface area contributed by atoms with E-state index in [1.165, 1.54) is 11.3 Å². The second kappa shape index (κ2) is 13.3. The van der Waals surface area contributed by atoms with Crippen molar-refractivity contribution in [2.24, 2.45) is 0 Å². The fourth-order valence-electron chi connectivity index (χ4n) is 6.22. The highest BCUT2D eigenvalue weighted by atomic mass is 35.5. The molecule has 2 saturated heterocycles. The van der Waals surface area contributed by atoms with Crippen molar-refractivity contribution in [2.45, 2.75) is 37.9 Å². The molecule has 5 heterocycles. The molecular formula is C32H35ClN8O3S. The van der Waals surface area contributed by atoms with Crippen molar-refractivity contribution in [2.75, 3.05) is 55.2 Å². The standard InChI is InChI=1S/C32H35ClN8O3S/c1-2-22-17-21(18-26(33)28(22)34)19-27(30(42)39-14-12-38(13-15-39)24-3-8-35-9-4-24)36-31(43)40-10-5-25(6-11-40)41-20-23-7-16-45-29(23)37-32(41)44/h1,3-4,7-9,16-18,25,27H,5-6,10-15,19-20,34H2,(H,36,43)(H,37,44)/t27-/m1/s1. The van der Waals surface area contributed by atoms with Crippen LogP contribution in [-0.2, 0) is 17.8 Å². The van der Waals surface area contributed by atoms with Gasteiger partial charge in [0, 0.05) is 80.9 Å². The predicted molar refractivity (Wildman–Crippen MR) is 176 cm³/mol. The smallest absolute Gasteiger partial charge is 0.323 e. The molecule has 0 spiro atoms. The monoisotopic (exact) mass is 646 g/mol. The minimum absolute atomic E-state index is 0.0234. The number of amides is 5. The van der Waals surface area contributed by atoms with Crippen molar-refractivity contribution in [1.82, 2.24) is 25.0 Å². The molecule has 6 rings (SSSR count). The van der Waals surface area contributed by atoms with Gasteiger partial charge in [0.15, 0.2) is 0 Å². The molecule has 45 heavy (non-hydrogen) atoms. The Labute approximate surface area is 271 Å². The Hall–Kier alpha value is -4.47. The zero-order valence-electron chi connectivity index (χ0n) is 24.7. The van der Waals surface area contributed by atoms with Crippen LogP contribution in [0.2, 0.25) is 5.02 Å². The number of terminal acetylenes is 1. The van der Waals surface area contributed by atoms with E-state index >= 15 is 0 Å². The van der Waals surface area contributed by atoms with E-state index in [2.05, 4.69) is 26.4 Å². The van der Waals surface area contributed by atoms with Crippen LogP contribution >= 0.6 is 22.9 Å². The van der Waals surface area contributed by atoms with Gasteiger partial charge in [0.25, 0.3) is 0 Å². The van der Waals surface area contributed by atoms with E-state index in [-0.39, 0.29) is 30.4 Å². The van der Waals surface area contributed by atoms with Crippen LogP contribution in [0.1, 0.15) is 29.5 Å². The Morgan fingerprint density at radius 2 is 1.84 bits per heavy atom. The average molecular weight is 647 g/mol. The molecule has 4 N–H and O–H groups in total. The van der Waals surface area contributed by atoms with Crippen molar-refractivity contribution in [1.29, 1.82) is 0 Å². The van der Waals surface area contributed by atoms with Crippen LogP contribution in [-0.4, -0.2) is 89.0 Å². The number of pyridine rings is 1. The number of halogens is 1. The molecule has 1 aromatic carbocycles. The molecule has 3 aliphatic heterocycles. The zero-order chi connectivity index (χ0) is 31.5. The lowest BCUT2D eigenvalue weighted by molar-refractivity contribution is -0.133. The number of thiophene rings is 1. The highest BCUT2D eigenvalue weighted by Gasteiger charge is 2.35. The zero-order valence-corrected chi connectivity index (χ0v) is 26.3. The second-order valence-corrected chi connectivity index (χ2v) is 12.8. The molecule has 0 radical (unpaired) electrons. The number of anilines is 3. The third-order valence-electron chi connectivity index (χ3n) is 8.76. The van der Waals surface area contributed by atoms with Crippen LogP contribution < -0.4 is 21.3 Å². The van der Waals surface area contributed by atoms with Gasteiger partial charge in [0.2, 0.25) is 5.91 Å². The number of hydrogen-bond donors (Lipinski definition) is 3. The number of piperidine rings is 1. The van der Waals surface area contributed by atoms with Crippen LogP contribution in [0.3, 0.4) is 0 Å². The van der Waals surface area contributed by atoms with Gasteiger partial charge in [-0.05, 0) is 54.1 Å². The minimum atomic E-state index is -0.835. The number of nitrogen functional groups attached to an aromatic ring is 1. The van der Waals surface area contributed by atoms with E-state index in [4.69, 9.17) is 23.8 Å². The lowest BCUT2D eigenvalue weighted by atomic mass is 10.0. The Balaban J connectivity index is 1.12. The topological polar surface area (TPSA) is 127 Å². The first-order chi connectivity index (χ1) is 21.8. The summed E-state index contributed by atoms with van der Waals surface area (Å²) in [5.74, 6) is 2.38. The number of urea groups is 2. The van der Waals surface area contributed by atoms with Gasteiger partial charge in [-0.15, -0.1) is 17.8 Å². The summed E-state index contributed by atoms with van der Waals surface area (Å²) in [7, 11) is 0. The number of carbonyl (C=O) groups excluding carboxylic acids is 3. The van der Waals surface area contributed by atoms with Crippen molar-refractivity contribution in [3.05, 3.63) is 69.8 Å². The predicted octanol–water partition coefficient (Wildman–Crippen LogP) is 3.84. The van der Waals surface area contributed by atoms with E-state index in [1.54, 1.807) is 34.3 Å². The number of benzene rings is 1. The van der Waals surface area contributed by atoms with Crippen LogP contribution in [0, 0.1) is 12.3 Å². The van der Waals surface area contributed by atoms with Gasteiger partial charge in [-0.25, -0.2) is 9.59 Å². The lowest BCUT2D eigenvalue weighted by Crippen LogP contribution is -2.58. The maximum atomic E-state index is 14.0. The van der Waals surface area contributed by atoms with Gasteiger partial charge < -0.3 is 30.7 Å². The summed E-state index contributed by atoms with van der Waals surface area (Å²) in [6.07, 6.45) is 10.7. The maximum Gasteiger partial charge on any atom is 0.323 e. The fourth-order valence-corrected chi connectivity index (χ4v) is 7.26. The molecule has 0 bridgehead atoms. The highest BCUT2D eigenvalue weighted by Crippen LogP contribution is 2.32. The molecule has 0 saturated carbocycles. The molecular weight excluding hydrogens is 612 g/mol. The average Bonchev–Trinajstić information content (AvgIpc) is 3.53. The molecule has 2 aromatic heterocycles. The molecule has 0 aliphatic carbocycles. The van der Waals surface area contributed by atoms with E-state index < -0.39 is 6.04 Å². The van der Waals surface area contributed by atoms with Gasteiger partial charge in [-0.2, -0.15) is 0 Å². The first-order valence-corrected chi connectivity index (χ1v) is 16.2. The Morgan fingerprint density at radius 3 is 2.56 bits per heavy atom. The molecule has 3 aliphatic rings. The SMILES string of the molecule is C#Cc1cc(C[C@@H](NC(=O)N2CCC(N3Cc4ccsc4NC3=O)CC2)C(=O)N2CCN(c3ccncc3)CC2)cc(Cl)c1N. The number of hydrogen-bond acceptors (Lipinski definition) is 7. The number of fused-ring (bicyclic) bond motifs is 1. The summed E-state index contributed by atoms with van der Waals surface area (Å²) < 4.78 is 0. The maximum absolute atomic E-state index is 14.0. The van der Waals surface area contributed by atoms with Crippen molar-refractivity contribution < 1.29 is 14.4 Å². The molecule has 1 atom stereocenters. The number of carbonyl (C=O) groups is 3. The molecule has 11 nitrogen and oxygen atoms in total. The number of likely N-dealkylation sites (tertiary alicyclic amines) is 1. The molecule has 3 aromatic rings. The summed E-state index contributed by atoms with van der Waals surface area (Å²) in [4.78, 5) is 52.0. The first-order valence-electron chi connectivity index (χ1n) is 15.0. The molecule has 234 valence electrons. The highest BCUT2D eigenvalue weighted by molar-refractivity contribution is 7.14. The summed E-state index contributed by atoms with van der Waals surface area (Å²) >= 11 is 7.89. The normalized spacial score (nSPS) is 17.7. The lowest BCUT2D eigenvalue weighted by Gasteiger charge is -2.40. The number of rotatable bonds is 6. The summed E-state index contributed by atoms with van der Waals surface area (Å²) in [6, 6.07) is 8.14. The van der Waals surface area contributed by atoms with E-state index in [9.17, 15) is 14.4 Å². The summed E-state index contributed by atoms with van der Waals surface area (Å²) in [5, 5.41) is 9.18. The number of nitrogens with one attached hydrogen (secondary N) is 2. The van der Waals surface area contributed by atoms with Gasteiger partial charge in [0.1, 0.15) is 11.0 Å². The summed E-state index contributed by atoms with van der Waals surface area (Å²) in [5.41, 5.74) is 9.66. The molecule has 5 amide bonds. The van der Waals surface area contributed by atoms with Crippen LogP contribution in [0.15, 0.2) is 48.1 Å². The van der Waals surface area contributed by atoms with Gasteiger partial charge in [-0.1, -0.05) is 17.5 Å². The quantitative estimate of drug-likeness (QED) is 0.276.